The van der Waals surface area contributed by atoms with Gasteiger partial charge in [0.2, 0.25) is 5.56 Å². The van der Waals surface area contributed by atoms with Crippen LogP contribution >= 0.6 is 0 Å². The first kappa shape index (κ1) is 12.4. The van der Waals surface area contributed by atoms with Gasteiger partial charge in [-0.25, -0.2) is 0 Å². The lowest BCUT2D eigenvalue weighted by atomic mass is 10.3. The SMILES string of the molecule is COCCCCNC(=O)c1cccc(=O)[nH]1. The third-order valence-corrected chi connectivity index (χ3v) is 2.07. The van der Waals surface area contributed by atoms with Gasteiger partial charge in [0.15, 0.2) is 0 Å². The molecule has 16 heavy (non-hydrogen) atoms. The lowest BCUT2D eigenvalue weighted by Crippen LogP contribution is -2.27. The van der Waals surface area contributed by atoms with Crippen LogP contribution in [-0.4, -0.2) is 31.2 Å². The largest absolute Gasteiger partial charge is 0.385 e. The zero-order chi connectivity index (χ0) is 11.8. The van der Waals surface area contributed by atoms with Crippen LogP contribution in [0.25, 0.3) is 0 Å². The monoisotopic (exact) mass is 224 g/mol. The highest BCUT2D eigenvalue weighted by atomic mass is 16.5. The zero-order valence-electron chi connectivity index (χ0n) is 9.29. The smallest absolute Gasteiger partial charge is 0.267 e. The van der Waals surface area contributed by atoms with Crippen molar-refractivity contribution in [2.75, 3.05) is 20.3 Å². The Morgan fingerprint density at radius 1 is 1.44 bits per heavy atom. The van der Waals surface area contributed by atoms with Crippen LogP contribution in [0.4, 0.5) is 0 Å². The molecular formula is C11H16N2O3. The second-order valence-corrected chi connectivity index (χ2v) is 3.38. The molecule has 0 aromatic carbocycles. The van der Waals surface area contributed by atoms with E-state index in [2.05, 4.69) is 10.3 Å². The molecular weight excluding hydrogens is 208 g/mol. The molecule has 0 aliphatic carbocycles. The van der Waals surface area contributed by atoms with Gasteiger partial charge in [-0.1, -0.05) is 6.07 Å². The first-order valence-electron chi connectivity index (χ1n) is 5.20. The zero-order valence-corrected chi connectivity index (χ0v) is 9.29. The number of carbonyl (C=O) groups excluding carboxylic acids is 1. The maximum atomic E-state index is 11.5. The van der Waals surface area contributed by atoms with Crippen molar-refractivity contribution in [3.63, 3.8) is 0 Å². The Morgan fingerprint density at radius 2 is 2.25 bits per heavy atom. The van der Waals surface area contributed by atoms with Crippen LogP contribution in [-0.2, 0) is 4.74 Å². The maximum Gasteiger partial charge on any atom is 0.267 e. The first-order valence-corrected chi connectivity index (χ1v) is 5.20. The van der Waals surface area contributed by atoms with Crippen LogP contribution in [0.3, 0.4) is 0 Å². The number of rotatable bonds is 6. The molecule has 88 valence electrons. The minimum absolute atomic E-state index is 0.255. The van der Waals surface area contributed by atoms with Gasteiger partial charge in [0.05, 0.1) is 0 Å². The topological polar surface area (TPSA) is 71.2 Å². The van der Waals surface area contributed by atoms with E-state index in [9.17, 15) is 9.59 Å². The molecule has 0 spiro atoms. The highest BCUT2D eigenvalue weighted by molar-refractivity contribution is 5.92. The number of methoxy groups -OCH3 is 1. The molecule has 0 aliphatic rings. The van der Waals surface area contributed by atoms with Crippen LogP contribution in [0.2, 0.25) is 0 Å². The van der Waals surface area contributed by atoms with E-state index in [4.69, 9.17) is 4.74 Å². The highest BCUT2D eigenvalue weighted by Crippen LogP contribution is 1.91. The van der Waals surface area contributed by atoms with Gasteiger partial charge in [-0.15, -0.1) is 0 Å². The molecule has 1 heterocycles. The van der Waals surface area contributed by atoms with Crippen molar-refractivity contribution in [2.24, 2.45) is 0 Å². The fraction of sp³-hybridized carbons (Fsp3) is 0.455. The minimum atomic E-state index is -0.271. The number of pyridine rings is 1. The lowest BCUT2D eigenvalue weighted by molar-refractivity contribution is 0.0946. The van der Waals surface area contributed by atoms with Crippen LogP contribution < -0.4 is 10.9 Å². The predicted molar refractivity (Wildman–Crippen MR) is 60.5 cm³/mol. The van der Waals surface area contributed by atoms with Gasteiger partial charge < -0.3 is 15.0 Å². The molecule has 0 saturated carbocycles. The normalized spacial score (nSPS) is 10.1. The molecule has 1 rings (SSSR count). The van der Waals surface area contributed by atoms with Gasteiger partial charge in [-0.2, -0.15) is 0 Å². The van der Waals surface area contributed by atoms with Gasteiger partial charge >= 0.3 is 0 Å². The van der Waals surface area contributed by atoms with Crippen LogP contribution in [0, 0.1) is 0 Å². The molecule has 1 aromatic rings. The number of hydrogen-bond acceptors (Lipinski definition) is 3. The Hall–Kier alpha value is -1.62. The van der Waals surface area contributed by atoms with Gasteiger partial charge in [0.25, 0.3) is 5.91 Å². The third kappa shape index (κ3) is 4.27. The Bertz CT molecular complexity index is 387. The van der Waals surface area contributed by atoms with E-state index in [1.54, 1.807) is 19.2 Å². The second-order valence-electron chi connectivity index (χ2n) is 3.38. The average Bonchev–Trinajstić information content (AvgIpc) is 2.28. The fourth-order valence-corrected chi connectivity index (χ4v) is 1.25. The fourth-order valence-electron chi connectivity index (χ4n) is 1.25. The molecule has 0 bridgehead atoms. The molecule has 0 radical (unpaired) electrons. The number of hydrogen-bond donors (Lipinski definition) is 2. The summed E-state index contributed by atoms with van der Waals surface area (Å²) in [7, 11) is 1.65. The van der Waals surface area contributed by atoms with Crippen molar-refractivity contribution in [1.29, 1.82) is 0 Å². The van der Waals surface area contributed by atoms with Crippen LogP contribution in [0.5, 0.6) is 0 Å². The summed E-state index contributed by atoms with van der Waals surface area (Å²) >= 11 is 0. The summed E-state index contributed by atoms with van der Waals surface area (Å²) < 4.78 is 4.89. The van der Waals surface area contributed by atoms with E-state index in [1.165, 1.54) is 6.07 Å². The first-order chi connectivity index (χ1) is 7.74. The standard InChI is InChI=1S/C11H16N2O3/c1-16-8-3-2-7-12-11(15)9-5-4-6-10(14)13-9/h4-6H,2-3,7-8H2,1H3,(H,12,15)(H,13,14). The van der Waals surface area contributed by atoms with Crippen LogP contribution in [0.1, 0.15) is 23.3 Å². The molecule has 5 nitrogen and oxygen atoms in total. The van der Waals surface area contributed by atoms with Gasteiger partial charge in [-0.3, -0.25) is 9.59 Å². The summed E-state index contributed by atoms with van der Waals surface area (Å²) in [5.41, 5.74) is 0.0197. The number of aromatic nitrogens is 1. The number of aromatic amines is 1. The number of carbonyl (C=O) groups is 1. The predicted octanol–water partition coefficient (Wildman–Crippen LogP) is 0.531. The van der Waals surface area contributed by atoms with Crippen molar-refractivity contribution >= 4 is 5.91 Å². The molecule has 2 N–H and O–H groups in total. The Kier molecular flexibility index (Phi) is 5.28. The summed E-state index contributed by atoms with van der Waals surface area (Å²) in [6.07, 6.45) is 1.76. The van der Waals surface area contributed by atoms with Crippen molar-refractivity contribution in [1.82, 2.24) is 10.3 Å². The maximum absolute atomic E-state index is 11.5. The molecule has 5 heteroatoms. The molecule has 0 atom stereocenters. The van der Waals surface area contributed by atoms with E-state index < -0.39 is 0 Å². The van der Waals surface area contributed by atoms with Crippen molar-refractivity contribution < 1.29 is 9.53 Å². The number of amides is 1. The van der Waals surface area contributed by atoms with Gasteiger partial charge in [0.1, 0.15) is 5.69 Å². The van der Waals surface area contributed by atoms with E-state index in [-0.39, 0.29) is 11.5 Å². The average molecular weight is 224 g/mol. The van der Waals surface area contributed by atoms with Crippen molar-refractivity contribution in [3.8, 4) is 0 Å². The van der Waals surface area contributed by atoms with E-state index in [0.717, 1.165) is 12.8 Å². The summed E-state index contributed by atoms with van der Waals surface area (Å²) in [5, 5.41) is 2.72. The van der Waals surface area contributed by atoms with Gasteiger partial charge in [0, 0.05) is 26.3 Å². The number of nitrogens with one attached hydrogen (secondary N) is 2. The molecule has 1 amide bonds. The minimum Gasteiger partial charge on any atom is -0.385 e. The Morgan fingerprint density at radius 3 is 2.94 bits per heavy atom. The van der Waals surface area contributed by atoms with Crippen LogP contribution in [0.15, 0.2) is 23.0 Å². The highest BCUT2D eigenvalue weighted by Gasteiger charge is 2.04. The molecule has 0 fully saturated rings. The lowest BCUT2D eigenvalue weighted by Gasteiger charge is -2.04. The summed E-state index contributed by atoms with van der Waals surface area (Å²) in [5.74, 6) is -0.255. The number of unbranched alkanes of at least 4 members (excludes halogenated alkanes) is 1. The third-order valence-electron chi connectivity index (χ3n) is 2.07. The summed E-state index contributed by atoms with van der Waals surface area (Å²) in [4.78, 5) is 24.9. The van der Waals surface area contributed by atoms with Crippen molar-refractivity contribution in [3.05, 3.63) is 34.2 Å². The van der Waals surface area contributed by atoms with Crippen molar-refractivity contribution in [2.45, 2.75) is 12.8 Å². The van der Waals surface area contributed by atoms with E-state index in [0.29, 0.717) is 18.8 Å². The van der Waals surface area contributed by atoms with Gasteiger partial charge in [-0.05, 0) is 18.9 Å². The quantitative estimate of drug-likeness (QED) is 0.692. The molecule has 0 saturated heterocycles. The summed E-state index contributed by atoms with van der Waals surface area (Å²) in [6, 6.07) is 4.50. The van der Waals surface area contributed by atoms with E-state index in [1.807, 2.05) is 0 Å². The Labute approximate surface area is 93.8 Å². The summed E-state index contributed by atoms with van der Waals surface area (Å²) in [6.45, 7) is 1.27. The number of H-pyrrole nitrogens is 1. The molecule has 0 aliphatic heterocycles. The Balaban J connectivity index is 2.33. The number of ether oxygens (including phenoxy) is 1. The second kappa shape index (κ2) is 6.79. The van der Waals surface area contributed by atoms with E-state index >= 15 is 0 Å². The molecule has 0 unspecified atom stereocenters. The molecule has 1 aromatic heterocycles.